The second-order valence-electron chi connectivity index (χ2n) is 8.75. The topological polar surface area (TPSA) is 0 Å². The molecule has 0 radical (unpaired) electrons. The van der Waals surface area contributed by atoms with Crippen LogP contribution in [0.3, 0.4) is 0 Å². The van der Waals surface area contributed by atoms with Crippen LogP contribution in [0.15, 0.2) is 44.6 Å². The normalized spacial score (nSPS) is 17.7. The van der Waals surface area contributed by atoms with Gasteiger partial charge in [-0.25, -0.2) is 0 Å². The van der Waals surface area contributed by atoms with Crippen molar-refractivity contribution < 1.29 is 0 Å². The summed E-state index contributed by atoms with van der Waals surface area (Å²) in [5.74, 6) is 0. The third-order valence-corrected chi connectivity index (χ3v) is 24.6. The van der Waals surface area contributed by atoms with Gasteiger partial charge < -0.3 is 0 Å². The molecule has 0 unspecified atom stereocenters. The van der Waals surface area contributed by atoms with E-state index in [0.29, 0.717) is 0 Å². The zero-order valence-electron chi connectivity index (χ0n) is 17.1. The van der Waals surface area contributed by atoms with Gasteiger partial charge >= 0.3 is 156 Å². The predicted molar refractivity (Wildman–Crippen MR) is 118 cm³/mol. The molecule has 0 aliphatic carbocycles. The summed E-state index contributed by atoms with van der Waals surface area (Å²) in [7, 11) is -1.57. The molecule has 0 atom stereocenters. The maximum atomic E-state index is 2.64. The third kappa shape index (κ3) is 3.51. The summed E-state index contributed by atoms with van der Waals surface area (Å²) in [5.41, 5.74) is 5.07. The minimum atomic E-state index is -2.15. The quantitative estimate of drug-likeness (QED) is 0.418. The van der Waals surface area contributed by atoms with Crippen LogP contribution in [-0.4, -0.2) is 33.2 Å². The van der Waals surface area contributed by atoms with E-state index in [1.165, 1.54) is 24.6 Å². The van der Waals surface area contributed by atoms with Gasteiger partial charge in [-0.2, -0.15) is 0 Å². The van der Waals surface area contributed by atoms with Crippen molar-refractivity contribution >= 4 is 38.4 Å². The van der Waals surface area contributed by atoms with E-state index in [1.807, 2.05) is 3.21 Å². The van der Waals surface area contributed by atoms with Crippen molar-refractivity contribution in [3.63, 3.8) is 0 Å². The molecular formula is C21H35BSiSn. The molecule has 2 rings (SSSR count). The molecule has 1 aliphatic rings. The van der Waals surface area contributed by atoms with E-state index in [2.05, 4.69) is 79.0 Å². The summed E-state index contributed by atoms with van der Waals surface area (Å²) in [6.45, 7) is 13.2. The molecule has 3 heteroatoms. The van der Waals surface area contributed by atoms with E-state index in [9.17, 15) is 0 Å². The Morgan fingerprint density at radius 1 is 0.917 bits per heavy atom. The Balaban J connectivity index is 2.83. The van der Waals surface area contributed by atoms with Crippen LogP contribution < -0.4 is 0 Å². The Labute approximate surface area is 155 Å². The van der Waals surface area contributed by atoms with Crippen LogP contribution in [0.25, 0.3) is 5.20 Å². The van der Waals surface area contributed by atoms with Crippen LogP contribution in [0.1, 0.15) is 32.8 Å². The van der Waals surface area contributed by atoms with Gasteiger partial charge in [0.2, 0.25) is 0 Å². The first-order chi connectivity index (χ1) is 11.2. The van der Waals surface area contributed by atoms with Gasteiger partial charge in [0, 0.05) is 0 Å². The fourth-order valence-corrected chi connectivity index (χ4v) is 30.9. The standard InChI is InChI=1S/C18H26BSi.3CH3.Sn/c1-6-15-14-20(4,5)18(16-12-10-9-11-13-16)17(15)19(7-2)8-3;;;;/h9-13H,6-8H2,1-5H3;3*1H3;. The van der Waals surface area contributed by atoms with Gasteiger partial charge in [0.05, 0.1) is 0 Å². The Morgan fingerprint density at radius 3 is 1.88 bits per heavy atom. The summed E-state index contributed by atoms with van der Waals surface area (Å²) < 4.78 is 2.00. The number of allylic oxidation sites excluding steroid dienone is 2. The maximum absolute atomic E-state index is 2.64. The summed E-state index contributed by atoms with van der Waals surface area (Å²) in [5, 5.41) is 1.77. The van der Waals surface area contributed by atoms with Crippen LogP contribution >= 0.6 is 0 Å². The van der Waals surface area contributed by atoms with Crippen molar-refractivity contribution in [3.05, 3.63) is 50.2 Å². The van der Waals surface area contributed by atoms with Crippen LogP contribution in [0.2, 0.25) is 40.6 Å². The molecule has 0 fully saturated rings. The second-order valence-corrected chi connectivity index (χ2v) is 28.7. The monoisotopic (exact) mass is 446 g/mol. The Bertz CT molecular complexity index is 646. The van der Waals surface area contributed by atoms with Gasteiger partial charge in [0.1, 0.15) is 0 Å². The van der Waals surface area contributed by atoms with Crippen molar-refractivity contribution in [1.82, 2.24) is 0 Å². The van der Waals surface area contributed by atoms with E-state index in [4.69, 9.17) is 0 Å². The molecule has 0 N–H and O–H groups in total. The number of hydrogen-bond donors (Lipinski definition) is 0. The van der Waals surface area contributed by atoms with Crippen LogP contribution in [0.4, 0.5) is 0 Å². The number of rotatable bonds is 6. The summed E-state index contributed by atoms with van der Waals surface area (Å²) >= 11 is -2.15. The SMILES string of the molecule is CCB(CC)C1=C(c2ccccc2)[Si](C)(C)[C]([Sn]([CH3])([CH3])[CH3])=C1CC. The van der Waals surface area contributed by atoms with Crippen molar-refractivity contribution in [3.8, 4) is 0 Å². The Morgan fingerprint density at radius 2 is 1.46 bits per heavy atom. The van der Waals surface area contributed by atoms with E-state index < -0.39 is 26.5 Å². The molecule has 0 nitrogen and oxygen atoms in total. The first kappa shape index (κ1) is 20.1. The van der Waals surface area contributed by atoms with Gasteiger partial charge in [-0.1, -0.05) is 0 Å². The van der Waals surface area contributed by atoms with Gasteiger partial charge in [-0.05, 0) is 0 Å². The zero-order chi connectivity index (χ0) is 18.1. The van der Waals surface area contributed by atoms with Crippen molar-refractivity contribution in [2.75, 3.05) is 0 Å². The number of hydrogen-bond acceptors (Lipinski definition) is 0. The molecule has 1 heterocycles. The molecule has 1 aliphatic heterocycles. The molecule has 1 aromatic rings. The minimum absolute atomic E-state index is 0.730. The third-order valence-electron chi connectivity index (χ3n) is 5.71. The van der Waals surface area contributed by atoms with E-state index in [0.717, 1.165) is 6.71 Å². The molecule has 0 saturated carbocycles. The fraction of sp³-hybridized carbons (Fsp3) is 0.524. The summed E-state index contributed by atoms with van der Waals surface area (Å²) in [4.78, 5) is 7.90. The molecule has 0 saturated heterocycles. The van der Waals surface area contributed by atoms with Gasteiger partial charge in [0.15, 0.2) is 0 Å². The van der Waals surface area contributed by atoms with E-state index in [1.54, 1.807) is 16.2 Å². The van der Waals surface area contributed by atoms with E-state index in [-0.39, 0.29) is 0 Å². The second kappa shape index (κ2) is 7.57. The first-order valence-corrected chi connectivity index (χ1v) is 22.7. The molecule has 1 aromatic carbocycles. The molecule has 0 aromatic heterocycles. The van der Waals surface area contributed by atoms with Gasteiger partial charge in [-0.15, -0.1) is 0 Å². The molecule has 0 amide bonds. The Kier molecular flexibility index (Phi) is 6.34. The average molecular weight is 445 g/mol. The molecular weight excluding hydrogens is 410 g/mol. The molecule has 0 bridgehead atoms. The predicted octanol–water partition coefficient (Wildman–Crippen LogP) is 6.90. The first-order valence-electron chi connectivity index (χ1n) is 9.74. The summed E-state index contributed by atoms with van der Waals surface area (Å²) in [6, 6.07) is 11.3. The molecule has 0 spiro atoms. The average Bonchev–Trinajstić information content (AvgIpc) is 2.76. The summed E-state index contributed by atoms with van der Waals surface area (Å²) in [6.07, 6.45) is 3.76. The van der Waals surface area contributed by atoms with Crippen LogP contribution in [-0.2, 0) is 0 Å². The van der Waals surface area contributed by atoms with Gasteiger partial charge in [-0.3, -0.25) is 0 Å². The molecule has 130 valence electrons. The van der Waals surface area contributed by atoms with Crippen LogP contribution in [0.5, 0.6) is 0 Å². The van der Waals surface area contributed by atoms with E-state index >= 15 is 0 Å². The number of benzene rings is 1. The van der Waals surface area contributed by atoms with Crippen molar-refractivity contribution in [1.29, 1.82) is 0 Å². The van der Waals surface area contributed by atoms with Gasteiger partial charge in [0.25, 0.3) is 0 Å². The van der Waals surface area contributed by atoms with Crippen LogP contribution in [0, 0.1) is 0 Å². The molecule has 24 heavy (non-hydrogen) atoms. The zero-order valence-corrected chi connectivity index (χ0v) is 20.9. The Hall–Kier alpha value is -0.219. The van der Waals surface area contributed by atoms with Crippen molar-refractivity contribution in [2.45, 2.75) is 67.7 Å². The fourth-order valence-electron chi connectivity index (χ4n) is 5.15. The van der Waals surface area contributed by atoms with Crippen molar-refractivity contribution in [2.24, 2.45) is 0 Å².